The van der Waals surface area contributed by atoms with Crippen molar-refractivity contribution in [3.05, 3.63) is 46.5 Å². The van der Waals surface area contributed by atoms with Gasteiger partial charge in [0, 0.05) is 11.4 Å². The average molecular weight is 333 g/mol. The van der Waals surface area contributed by atoms with Gasteiger partial charge in [0.05, 0.1) is 18.3 Å². The molecule has 6 heteroatoms. The zero-order valence-electron chi connectivity index (χ0n) is 13.3. The molecule has 1 aliphatic rings. The van der Waals surface area contributed by atoms with Gasteiger partial charge in [-0.05, 0) is 56.4 Å². The smallest absolute Gasteiger partial charge is 0.315 e. The van der Waals surface area contributed by atoms with Gasteiger partial charge < -0.3 is 15.1 Å². The second kappa shape index (κ2) is 7.66. The first-order valence-electron chi connectivity index (χ1n) is 8.09. The zero-order valence-corrected chi connectivity index (χ0v) is 14.1. The minimum atomic E-state index is -0.137. The van der Waals surface area contributed by atoms with Gasteiger partial charge in [0.1, 0.15) is 5.76 Å². The highest BCUT2D eigenvalue weighted by molar-refractivity contribution is 7.10. The summed E-state index contributed by atoms with van der Waals surface area (Å²) in [5.41, 5.74) is 0. The molecule has 23 heavy (non-hydrogen) atoms. The maximum absolute atomic E-state index is 12.2. The molecule has 0 spiro atoms. The normalized spacial score (nSPS) is 17.8. The Morgan fingerprint density at radius 3 is 2.83 bits per heavy atom. The zero-order chi connectivity index (χ0) is 16.1. The van der Waals surface area contributed by atoms with Crippen molar-refractivity contribution >= 4 is 17.4 Å². The fourth-order valence-corrected chi connectivity index (χ4v) is 3.72. The van der Waals surface area contributed by atoms with E-state index in [-0.39, 0.29) is 18.1 Å². The summed E-state index contributed by atoms with van der Waals surface area (Å²) in [7, 11) is 0. The number of furan rings is 1. The predicted octanol–water partition coefficient (Wildman–Crippen LogP) is 3.54. The van der Waals surface area contributed by atoms with Gasteiger partial charge in [-0.3, -0.25) is 4.90 Å². The van der Waals surface area contributed by atoms with Crippen LogP contribution < -0.4 is 10.6 Å². The summed E-state index contributed by atoms with van der Waals surface area (Å²) < 4.78 is 5.57. The Balaban J connectivity index is 1.55. The van der Waals surface area contributed by atoms with E-state index >= 15 is 0 Å². The Kier molecular flexibility index (Phi) is 5.35. The van der Waals surface area contributed by atoms with E-state index in [2.05, 4.69) is 15.5 Å². The van der Waals surface area contributed by atoms with Crippen molar-refractivity contribution in [1.82, 2.24) is 15.5 Å². The summed E-state index contributed by atoms with van der Waals surface area (Å²) in [5, 5.41) is 8.00. The fourth-order valence-electron chi connectivity index (χ4n) is 2.99. The molecule has 124 valence electrons. The van der Waals surface area contributed by atoms with Crippen LogP contribution in [0.1, 0.15) is 42.5 Å². The van der Waals surface area contributed by atoms with Crippen molar-refractivity contribution < 1.29 is 9.21 Å². The summed E-state index contributed by atoms with van der Waals surface area (Å²) in [4.78, 5) is 15.7. The van der Waals surface area contributed by atoms with Gasteiger partial charge >= 0.3 is 6.03 Å². The summed E-state index contributed by atoms with van der Waals surface area (Å²) in [5.74, 6) is 0.915. The summed E-state index contributed by atoms with van der Waals surface area (Å²) in [6, 6.07) is 7.90. The number of carbonyl (C=O) groups is 1. The number of carbonyl (C=O) groups excluding carboxylic acids is 1. The van der Waals surface area contributed by atoms with Crippen molar-refractivity contribution in [3.63, 3.8) is 0 Å². The predicted molar refractivity (Wildman–Crippen MR) is 91.5 cm³/mol. The lowest BCUT2D eigenvalue weighted by atomic mass is 10.2. The molecule has 0 radical (unpaired) electrons. The largest absolute Gasteiger partial charge is 0.468 e. The van der Waals surface area contributed by atoms with Gasteiger partial charge in [0.15, 0.2) is 0 Å². The molecule has 0 unspecified atom stereocenters. The third-order valence-electron chi connectivity index (χ3n) is 4.23. The van der Waals surface area contributed by atoms with E-state index in [9.17, 15) is 4.79 Å². The number of rotatable bonds is 6. The molecule has 2 atom stereocenters. The molecule has 2 aromatic rings. The molecule has 1 aliphatic heterocycles. The van der Waals surface area contributed by atoms with Crippen LogP contribution in [0.3, 0.4) is 0 Å². The second-order valence-corrected chi connectivity index (χ2v) is 6.85. The molecular formula is C17H23N3O2S. The standard InChI is InChI=1S/C17H23N3O2S/c1-13(16-7-5-11-23-16)19-17(21)18-12-14(15-6-4-10-22-15)20-8-2-3-9-20/h4-7,10-11,13-14H,2-3,8-9,12H2,1H3,(H2,18,19,21)/t13-,14+/m0/s1. The minimum Gasteiger partial charge on any atom is -0.468 e. The van der Waals surface area contributed by atoms with E-state index in [0.717, 1.165) is 23.7 Å². The van der Waals surface area contributed by atoms with Crippen molar-refractivity contribution in [2.45, 2.75) is 31.8 Å². The molecule has 3 heterocycles. The van der Waals surface area contributed by atoms with Crippen LogP contribution in [0.15, 0.2) is 40.3 Å². The van der Waals surface area contributed by atoms with Crippen LogP contribution in [0, 0.1) is 0 Å². The van der Waals surface area contributed by atoms with Crippen LogP contribution in [0.5, 0.6) is 0 Å². The Bertz CT molecular complexity index is 591. The Labute approximate surface area is 140 Å². The fraction of sp³-hybridized carbons (Fsp3) is 0.471. The monoisotopic (exact) mass is 333 g/mol. The maximum atomic E-state index is 12.2. The number of hydrogen-bond donors (Lipinski definition) is 2. The van der Waals surface area contributed by atoms with Crippen molar-refractivity contribution in [2.75, 3.05) is 19.6 Å². The molecular weight excluding hydrogens is 310 g/mol. The van der Waals surface area contributed by atoms with Crippen LogP contribution in [-0.2, 0) is 0 Å². The minimum absolute atomic E-state index is 0.0175. The lowest BCUT2D eigenvalue weighted by molar-refractivity contribution is 0.202. The molecule has 3 rings (SSSR count). The van der Waals surface area contributed by atoms with Crippen molar-refractivity contribution in [3.8, 4) is 0 Å². The van der Waals surface area contributed by atoms with E-state index in [0.29, 0.717) is 6.54 Å². The third-order valence-corrected chi connectivity index (χ3v) is 5.28. The molecule has 0 aromatic carbocycles. The Morgan fingerprint density at radius 2 is 2.17 bits per heavy atom. The molecule has 2 N–H and O–H groups in total. The Hall–Kier alpha value is -1.79. The number of likely N-dealkylation sites (tertiary alicyclic amines) is 1. The molecule has 5 nitrogen and oxygen atoms in total. The number of nitrogens with zero attached hydrogens (tertiary/aromatic N) is 1. The van der Waals surface area contributed by atoms with E-state index < -0.39 is 0 Å². The third kappa shape index (κ3) is 4.14. The highest BCUT2D eigenvalue weighted by Crippen LogP contribution is 2.25. The van der Waals surface area contributed by atoms with Crippen LogP contribution >= 0.6 is 11.3 Å². The van der Waals surface area contributed by atoms with Crippen molar-refractivity contribution in [2.24, 2.45) is 0 Å². The van der Waals surface area contributed by atoms with Gasteiger partial charge in [-0.1, -0.05) is 6.07 Å². The van der Waals surface area contributed by atoms with Crippen LogP contribution in [-0.4, -0.2) is 30.6 Å². The van der Waals surface area contributed by atoms with E-state index in [4.69, 9.17) is 4.42 Å². The highest BCUT2D eigenvalue weighted by atomic mass is 32.1. The molecule has 0 saturated carbocycles. The average Bonchev–Trinajstić information content (AvgIpc) is 3.30. The number of nitrogens with one attached hydrogen (secondary N) is 2. The van der Waals surface area contributed by atoms with Gasteiger partial charge in [-0.2, -0.15) is 0 Å². The first kappa shape index (κ1) is 16.1. The number of thiophene rings is 1. The second-order valence-electron chi connectivity index (χ2n) is 5.87. The van der Waals surface area contributed by atoms with Crippen molar-refractivity contribution in [1.29, 1.82) is 0 Å². The van der Waals surface area contributed by atoms with Gasteiger partial charge in [0.25, 0.3) is 0 Å². The number of amides is 2. The first-order chi connectivity index (χ1) is 11.2. The maximum Gasteiger partial charge on any atom is 0.315 e. The molecule has 1 saturated heterocycles. The summed E-state index contributed by atoms with van der Waals surface area (Å²) in [6.07, 6.45) is 4.11. The molecule has 2 aromatic heterocycles. The number of hydrogen-bond acceptors (Lipinski definition) is 4. The summed E-state index contributed by atoms with van der Waals surface area (Å²) >= 11 is 1.65. The molecule has 0 aliphatic carbocycles. The first-order valence-corrected chi connectivity index (χ1v) is 8.97. The highest BCUT2D eigenvalue weighted by Gasteiger charge is 2.26. The quantitative estimate of drug-likeness (QED) is 0.850. The summed E-state index contributed by atoms with van der Waals surface area (Å²) in [6.45, 7) is 4.66. The Morgan fingerprint density at radius 1 is 1.35 bits per heavy atom. The lowest BCUT2D eigenvalue weighted by Gasteiger charge is -2.26. The van der Waals surface area contributed by atoms with Gasteiger partial charge in [-0.25, -0.2) is 4.79 Å². The van der Waals surface area contributed by atoms with Gasteiger partial charge in [0.2, 0.25) is 0 Å². The van der Waals surface area contributed by atoms with Crippen LogP contribution in [0.2, 0.25) is 0 Å². The molecule has 1 fully saturated rings. The molecule has 2 amide bonds. The van der Waals surface area contributed by atoms with E-state index in [1.54, 1.807) is 17.6 Å². The topological polar surface area (TPSA) is 57.5 Å². The lowest BCUT2D eigenvalue weighted by Crippen LogP contribution is -2.42. The molecule has 0 bridgehead atoms. The van der Waals surface area contributed by atoms with E-state index in [1.165, 1.54) is 12.8 Å². The van der Waals surface area contributed by atoms with Crippen LogP contribution in [0.4, 0.5) is 4.79 Å². The van der Waals surface area contributed by atoms with Gasteiger partial charge in [-0.15, -0.1) is 11.3 Å². The number of urea groups is 1. The SMILES string of the molecule is C[C@H](NC(=O)NC[C@H](c1ccco1)N1CCCC1)c1cccs1. The van der Waals surface area contributed by atoms with E-state index in [1.807, 2.05) is 36.6 Å². The van der Waals surface area contributed by atoms with Crippen LogP contribution in [0.25, 0.3) is 0 Å².